The van der Waals surface area contributed by atoms with Crippen molar-refractivity contribution in [3.8, 4) is 0 Å². The number of allylic oxidation sites excluding steroid dienone is 1. The number of carbonyl (C=O) groups is 1. The second kappa shape index (κ2) is 8.60. The zero-order chi connectivity index (χ0) is 17.5. The molecule has 1 N–H and O–H groups in total. The number of rotatable bonds is 8. The molecule has 1 heterocycles. The maximum atomic E-state index is 13.1. The first-order valence-electron chi connectivity index (χ1n) is 7.26. The van der Waals surface area contributed by atoms with Gasteiger partial charge in [0.1, 0.15) is 12.4 Å². The quantitative estimate of drug-likeness (QED) is 0.586. The van der Waals surface area contributed by atoms with E-state index in [1.54, 1.807) is 26.2 Å². The van der Waals surface area contributed by atoms with Crippen molar-refractivity contribution in [1.82, 2.24) is 14.8 Å². The average molecular weight is 350 g/mol. The van der Waals surface area contributed by atoms with Crippen LogP contribution in [0.1, 0.15) is 11.4 Å². The lowest BCUT2D eigenvalue weighted by Gasteiger charge is -2.09. The molecule has 1 aromatic carbocycles. The van der Waals surface area contributed by atoms with Crippen molar-refractivity contribution in [2.45, 2.75) is 25.2 Å². The van der Waals surface area contributed by atoms with Crippen LogP contribution in [0.4, 0.5) is 10.1 Å². The lowest BCUT2D eigenvalue weighted by Crippen LogP contribution is -2.15. The number of aryl methyl sites for hydroxylation is 1. The summed E-state index contributed by atoms with van der Waals surface area (Å²) in [6.07, 6.45) is 1.73. The van der Waals surface area contributed by atoms with Crippen LogP contribution in [0.15, 0.2) is 36.0 Å². The number of nitrogens with zero attached hydrogens (tertiary/aromatic N) is 3. The maximum Gasteiger partial charge on any atom is 0.234 e. The first-order valence-corrected chi connectivity index (χ1v) is 8.24. The number of hydrogen-bond donors (Lipinski definition) is 1. The molecule has 24 heavy (non-hydrogen) atoms. The first-order chi connectivity index (χ1) is 11.5. The van der Waals surface area contributed by atoms with E-state index in [0.717, 1.165) is 0 Å². The van der Waals surface area contributed by atoms with Gasteiger partial charge in [0, 0.05) is 19.3 Å². The highest BCUT2D eigenvalue weighted by molar-refractivity contribution is 7.99. The minimum Gasteiger partial charge on any atom is -0.377 e. The highest BCUT2D eigenvalue weighted by Crippen LogP contribution is 2.20. The van der Waals surface area contributed by atoms with Crippen LogP contribution in [0.25, 0.3) is 0 Å². The number of thioether (sulfide) groups is 1. The minimum absolute atomic E-state index is 0.166. The third-order valence-corrected chi connectivity index (χ3v) is 4.14. The van der Waals surface area contributed by atoms with Gasteiger partial charge in [0.2, 0.25) is 5.91 Å². The van der Waals surface area contributed by atoms with E-state index in [2.05, 4.69) is 22.1 Å². The molecule has 0 fully saturated rings. The van der Waals surface area contributed by atoms with Crippen molar-refractivity contribution in [3.63, 3.8) is 0 Å². The Hall–Kier alpha value is -2.19. The number of ether oxygens (including phenoxy) is 1. The van der Waals surface area contributed by atoms with Crippen LogP contribution < -0.4 is 5.32 Å². The Labute approximate surface area is 144 Å². The molecule has 2 aromatic rings. The van der Waals surface area contributed by atoms with Crippen LogP contribution in [0.3, 0.4) is 0 Å². The van der Waals surface area contributed by atoms with Crippen LogP contribution >= 0.6 is 11.8 Å². The highest BCUT2D eigenvalue weighted by atomic mass is 32.2. The van der Waals surface area contributed by atoms with Crippen molar-refractivity contribution in [3.05, 3.63) is 48.1 Å². The number of hydrogen-bond acceptors (Lipinski definition) is 5. The van der Waals surface area contributed by atoms with Crippen molar-refractivity contribution in [2.75, 3.05) is 18.2 Å². The van der Waals surface area contributed by atoms with Gasteiger partial charge in [-0.25, -0.2) is 4.39 Å². The van der Waals surface area contributed by atoms with Gasteiger partial charge in [0.25, 0.3) is 0 Å². The number of anilines is 1. The van der Waals surface area contributed by atoms with E-state index in [0.29, 0.717) is 35.4 Å². The molecular weight excluding hydrogens is 331 g/mol. The summed E-state index contributed by atoms with van der Waals surface area (Å²) >= 11 is 1.27. The van der Waals surface area contributed by atoms with E-state index in [-0.39, 0.29) is 17.5 Å². The van der Waals surface area contributed by atoms with Gasteiger partial charge in [-0.2, -0.15) is 0 Å². The van der Waals surface area contributed by atoms with Gasteiger partial charge in [-0.1, -0.05) is 17.8 Å². The van der Waals surface area contributed by atoms with Gasteiger partial charge in [-0.15, -0.1) is 16.8 Å². The monoisotopic (exact) mass is 350 g/mol. The Morgan fingerprint density at radius 3 is 2.96 bits per heavy atom. The lowest BCUT2D eigenvalue weighted by atomic mass is 10.2. The molecule has 0 atom stereocenters. The lowest BCUT2D eigenvalue weighted by molar-refractivity contribution is -0.113. The zero-order valence-electron chi connectivity index (χ0n) is 13.6. The van der Waals surface area contributed by atoms with Crippen molar-refractivity contribution in [1.29, 1.82) is 0 Å². The Morgan fingerprint density at radius 2 is 2.29 bits per heavy atom. The molecule has 0 bridgehead atoms. The molecule has 0 aliphatic rings. The van der Waals surface area contributed by atoms with Crippen LogP contribution in [0.5, 0.6) is 0 Å². The Kier molecular flexibility index (Phi) is 6.51. The summed E-state index contributed by atoms with van der Waals surface area (Å²) in [7, 11) is 1.58. The summed E-state index contributed by atoms with van der Waals surface area (Å²) in [5.74, 6) is 0.313. The normalized spacial score (nSPS) is 10.6. The summed E-state index contributed by atoms with van der Waals surface area (Å²) < 4.78 is 20.0. The zero-order valence-corrected chi connectivity index (χ0v) is 14.4. The average Bonchev–Trinajstić information content (AvgIpc) is 2.91. The number of amides is 1. The third kappa shape index (κ3) is 4.65. The summed E-state index contributed by atoms with van der Waals surface area (Å²) in [6, 6.07) is 4.23. The molecule has 1 amide bonds. The summed E-state index contributed by atoms with van der Waals surface area (Å²) in [4.78, 5) is 12.1. The molecule has 8 heteroatoms. The maximum absolute atomic E-state index is 13.1. The number of benzene rings is 1. The Morgan fingerprint density at radius 1 is 1.50 bits per heavy atom. The predicted molar refractivity (Wildman–Crippen MR) is 91.4 cm³/mol. The summed E-state index contributed by atoms with van der Waals surface area (Å²) in [5.41, 5.74) is 1.26. The van der Waals surface area contributed by atoms with Crippen LogP contribution in [0.2, 0.25) is 0 Å². The number of nitrogens with one attached hydrogen (secondary N) is 1. The SMILES string of the molecule is C=CCn1c(COC)nnc1SCC(=O)Nc1ccc(F)cc1C. The van der Waals surface area contributed by atoms with Crippen molar-refractivity contribution >= 4 is 23.4 Å². The van der Waals surface area contributed by atoms with E-state index in [4.69, 9.17) is 4.74 Å². The summed E-state index contributed by atoms with van der Waals surface area (Å²) in [6.45, 7) is 6.32. The fourth-order valence-electron chi connectivity index (χ4n) is 2.06. The van der Waals surface area contributed by atoms with Gasteiger partial charge in [-0.3, -0.25) is 4.79 Å². The van der Waals surface area contributed by atoms with Crippen LogP contribution in [-0.4, -0.2) is 33.5 Å². The first kappa shape index (κ1) is 18.2. The molecule has 0 spiro atoms. The molecule has 0 saturated carbocycles. The molecule has 1 aromatic heterocycles. The van der Waals surface area contributed by atoms with Crippen LogP contribution in [0, 0.1) is 12.7 Å². The fraction of sp³-hybridized carbons (Fsp3) is 0.312. The van der Waals surface area contributed by atoms with Crippen molar-refractivity contribution < 1.29 is 13.9 Å². The molecule has 128 valence electrons. The smallest absolute Gasteiger partial charge is 0.234 e. The van der Waals surface area contributed by atoms with Crippen molar-refractivity contribution in [2.24, 2.45) is 0 Å². The minimum atomic E-state index is -0.330. The van der Waals surface area contributed by atoms with Gasteiger partial charge in [-0.05, 0) is 30.7 Å². The van der Waals surface area contributed by atoms with E-state index in [1.807, 2.05) is 4.57 Å². The standard InChI is InChI=1S/C16H19FN4O2S/c1-4-7-21-14(9-23-3)19-20-16(21)24-10-15(22)18-13-6-5-12(17)8-11(13)2/h4-6,8H,1,7,9-10H2,2-3H3,(H,18,22). The van der Waals surface area contributed by atoms with E-state index >= 15 is 0 Å². The molecule has 0 aliphatic carbocycles. The van der Waals surface area contributed by atoms with E-state index < -0.39 is 0 Å². The molecule has 0 radical (unpaired) electrons. The number of halogens is 1. The molecule has 0 aliphatic heterocycles. The highest BCUT2D eigenvalue weighted by Gasteiger charge is 2.13. The summed E-state index contributed by atoms with van der Waals surface area (Å²) in [5, 5.41) is 11.5. The second-order valence-electron chi connectivity index (χ2n) is 5.03. The molecule has 2 rings (SSSR count). The predicted octanol–water partition coefficient (Wildman–Crippen LogP) is 2.79. The van der Waals surface area contributed by atoms with Gasteiger partial charge in [0.15, 0.2) is 11.0 Å². The molecule has 0 unspecified atom stereocenters. The van der Waals surface area contributed by atoms with Crippen LogP contribution in [-0.2, 0) is 22.7 Å². The number of aromatic nitrogens is 3. The van der Waals surface area contributed by atoms with Gasteiger partial charge in [0.05, 0.1) is 5.75 Å². The van der Waals surface area contributed by atoms with Gasteiger partial charge < -0.3 is 14.6 Å². The van der Waals surface area contributed by atoms with Gasteiger partial charge >= 0.3 is 0 Å². The van der Waals surface area contributed by atoms with E-state index in [9.17, 15) is 9.18 Å². The molecule has 6 nitrogen and oxygen atoms in total. The number of methoxy groups -OCH3 is 1. The fourth-order valence-corrected chi connectivity index (χ4v) is 2.82. The Balaban J connectivity index is 1.99. The molecular formula is C16H19FN4O2S. The third-order valence-electron chi connectivity index (χ3n) is 3.17. The topological polar surface area (TPSA) is 69.0 Å². The largest absolute Gasteiger partial charge is 0.377 e. The molecule has 0 saturated heterocycles. The second-order valence-corrected chi connectivity index (χ2v) is 5.97. The number of carbonyl (C=O) groups excluding carboxylic acids is 1. The Bertz CT molecular complexity index is 733. The van der Waals surface area contributed by atoms with E-state index in [1.165, 1.54) is 23.9 Å².